The van der Waals surface area contributed by atoms with Crippen molar-refractivity contribution in [2.24, 2.45) is 0 Å². The molecule has 7 nitrogen and oxygen atoms in total. The van der Waals surface area contributed by atoms with Crippen molar-refractivity contribution in [3.8, 4) is 49.5 Å². The van der Waals surface area contributed by atoms with Crippen molar-refractivity contribution in [3.05, 3.63) is 149 Å². The van der Waals surface area contributed by atoms with E-state index in [-0.39, 0.29) is 39.0 Å². The van der Waals surface area contributed by atoms with Crippen LogP contribution in [-0.4, -0.2) is 19.9 Å². The SMILES string of the molecule is CNc1c(C)sc2c1C(c1ccc(C)cc1)(c1ccc(C)cc1)c1cc(-c3sc(/C=C4\C(=O)c5cc(C#N)c(C#N)cc5C4=C(C#N)C#N)cc3OC)sc1-2. The molecule has 1 N–H and O–H groups in total. The Hall–Kier alpha value is -6.53. The third kappa shape index (κ3) is 5.19. The van der Waals surface area contributed by atoms with Gasteiger partial charge in [0.05, 0.1) is 44.0 Å². The molecule has 0 saturated heterocycles. The number of ether oxygens (including phenoxy) is 1. The van der Waals surface area contributed by atoms with Crippen LogP contribution < -0.4 is 10.1 Å². The summed E-state index contributed by atoms with van der Waals surface area (Å²) in [5.74, 6) is 0.194. The van der Waals surface area contributed by atoms with Crippen LogP contribution in [0.15, 0.2) is 83.9 Å². The molecule has 0 unspecified atom stereocenters. The topological polar surface area (TPSA) is 133 Å². The first-order chi connectivity index (χ1) is 26.6. The summed E-state index contributed by atoms with van der Waals surface area (Å²) in [6.45, 7) is 6.37. The fraction of sp³-hybridized carbons (Fsp3) is 0.133. The van der Waals surface area contributed by atoms with Crippen molar-refractivity contribution in [2.45, 2.75) is 26.2 Å². The average molecular weight is 768 g/mol. The van der Waals surface area contributed by atoms with E-state index in [9.17, 15) is 25.8 Å². The standard InChI is InChI=1S/C45H29N5O2S3/c1-23-6-10-29(11-7-23)45(30-12-8-24(2)9-13-30)35-18-37(55-42(35)44-39(45)40(50-4)25(3)53-44)43-36(52-5)17-31(54-43)16-34-38(28(21-48)22-49)32-14-26(19-46)27(20-47)15-33(32)41(34)51/h6-18,50H,1-5H3/b34-16-. The van der Waals surface area contributed by atoms with E-state index in [1.54, 1.807) is 35.9 Å². The Bertz CT molecular complexity index is 2810. The smallest absolute Gasteiger partial charge is 0.194 e. The molecule has 0 saturated carbocycles. The number of ketones is 1. The number of carbonyl (C=O) groups excluding carboxylic acids is 1. The molecule has 8 rings (SSSR count). The first kappa shape index (κ1) is 35.5. The monoisotopic (exact) mass is 767 g/mol. The lowest BCUT2D eigenvalue weighted by Gasteiger charge is -2.34. The van der Waals surface area contributed by atoms with Gasteiger partial charge in [0.15, 0.2) is 5.78 Å². The molecular weight excluding hydrogens is 739 g/mol. The van der Waals surface area contributed by atoms with Gasteiger partial charge < -0.3 is 10.1 Å². The summed E-state index contributed by atoms with van der Waals surface area (Å²) in [4.78, 5) is 20.2. The van der Waals surface area contributed by atoms with Gasteiger partial charge in [0.25, 0.3) is 0 Å². The number of aryl methyl sites for hydroxylation is 3. The molecule has 10 heteroatoms. The Morgan fingerprint density at radius 2 is 1.36 bits per heavy atom. The van der Waals surface area contributed by atoms with Crippen LogP contribution in [0.2, 0.25) is 0 Å². The van der Waals surface area contributed by atoms with Gasteiger partial charge in [-0.15, -0.1) is 34.0 Å². The van der Waals surface area contributed by atoms with E-state index >= 15 is 0 Å². The van der Waals surface area contributed by atoms with E-state index in [0.29, 0.717) is 10.6 Å². The van der Waals surface area contributed by atoms with Crippen molar-refractivity contribution in [3.63, 3.8) is 0 Å². The largest absolute Gasteiger partial charge is 0.495 e. The van der Waals surface area contributed by atoms with Gasteiger partial charge >= 0.3 is 0 Å². The Kier molecular flexibility index (Phi) is 8.65. The molecular formula is C45H29N5O2S3. The summed E-state index contributed by atoms with van der Waals surface area (Å²) in [5.41, 5.74) is 8.31. The summed E-state index contributed by atoms with van der Waals surface area (Å²) >= 11 is 4.96. The molecule has 264 valence electrons. The van der Waals surface area contributed by atoms with E-state index in [2.05, 4.69) is 80.7 Å². The fourth-order valence-corrected chi connectivity index (χ4v) is 11.6. The van der Waals surface area contributed by atoms with Gasteiger partial charge in [-0.2, -0.15) is 21.0 Å². The first-order valence-electron chi connectivity index (χ1n) is 17.2. The van der Waals surface area contributed by atoms with Crippen LogP contribution in [0, 0.1) is 66.1 Å². The zero-order valence-corrected chi connectivity index (χ0v) is 32.8. The molecule has 0 aliphatic heterocycles. The number of hydrogen-bond donors (Lipinski definition) is 1. The Labute approximate surface area is 330 Å². The number of fused-ring (bicyclic) bond motifs is 4. The number of benzene rings is 3. The van der Waals surface area contributed by atoms with Crippen LogP contribution in [0.3, 0.4) is 0 Å². The van der Waals surface area contributed by atoms with Crippen LogP contribution in [0.5, 0.6) is 5.75 Å². The van der Waals surface area contributed by atoms with Crippen LogP contribution in [-0.2, 0) is 5.41 Å². The molecule has 55 heavy (non-hydrogen) atoms. The predicted octanol–water partition coefficient (Wildman–Crippen LogP) is 10.7. The minimum absolute atomic E-state index is 0.0507. The van der Waals surface area contributed by atoms with Crippen molar-refractivity contribution in [1.82, 2.24) is 0 Å². The third-order valence-electron chi connectivity index (χ3n) is 10.4. The number of nitrogens with zero attached hydrogens (tertiary/aromatic N) is 4. The molecule has 3 aromatic carbocycles. The van der Waals surface area contributed by atoms with Gasteiger partial charge in [0.1, 0.15) is 35.6 Å². The normalized spacial score (nSPS) is 14.0. The number of rotatable bonds is 6. The number of anilines is 1. The maximum Gasteiger partial charge on any atom is 0.194 e. The second-order valence-corrected chi connectivity index (χ2v) is 16.8. The predicted molar refractivity (Wildman–Crippen MR) is 219 cm³/mol. The van der Waals surface area contributed by atoms with Crippen LogP contribution in [0.1, 0.15) is 70.2 Å². The number of carbonyl (C=O) groups is 1. The van der Waals surface area contributed by atoms with Gasteiger partial charge in [-0.1, -0.05) is 59.7 Å². The number of thiophene rings is 3. The molecule has 0 radical (unpaired) electrons. The summed E-state index contributed by atoms with van der Waals surface area (Å²) in [6, 6.07) is 32.4. The molecule has 2 aliphatic carbocycles. The maximum absolute atomic E-state index is 14.0. The highest BCUT2D eigenvalue weighted by Gasteiger charge is 2.51. The minimum Gasteiger partial charge on any atom is -0.495 e. The molecule has 0 spiro atoms. The van der Waals surface area contributed by atoms with Gasteiger partial charge in [0.2, 0.25) is 0 Å². The second-order valence-electron chi connectivity index (χ2n) is 13.4. The minimum atomic E-state index is -0.601. The Morgan fingerprint density at radius 1 is 0.764 bits per heavy atom. The van der Waals surface area contributed by atoms with E-state index in [1.165, 1.54) is 71.5 Å². The molecule has 3 aromatic heterocycles. The number of nitrogens with one attached hydrogen (secondary N) is 1. The zero-order chi connectivity index (χ0) is 38.8. The number of methoxy groups -OCH3 is 1. The number of Topliss-reactive ketones (excluding diaryl/α,β-unsaturated/α-hetero) is 1. The summed E-state index contributed by atoms with van der Waals surface area (Å²) in [7, 11) is 3.61. The molecule has 2 aliphatic rings. The van der Waals surface area contributed by atoms with Crippen molar-refractivity contribution < 1.29 is 9.53 Å². The quantitative estimate of drug-likeness (QED) is 0.131. The Balaban J connectivity index is 1.34. The molecule has 0 amide bonds. The maximum atomic E-state index is 14.0. The van der Waals surface area contributed by atoms with Crippen LogP contribution in [0.4, 0.5) is 5.69 Å². The summed E-state index contributed by atoms with van der Waals surface area (Å²) in [5, 5.41) is 42.8. The highest BCUT2D eigenvalue weighted by molar-refractivity contribution is 7.27. The van der Waals surface area contributed by atoms with Gasteiger partial charge in [0, 0.05) is 44.0 Å². The first-order valence-corrected chi connectivity index (χ1v) is 19.7. The highest BCUT2D eigenvalue weighted by atomic mass is 32.1. The summed E-state index contributed by atoms with van der Waals surface area (Å²) in [6.07, 6.45) is 1.67. The average Bonchev–Trinajstić information content (AvgIpc) is 3.99. The number of nitriles is 4. The lowest BCUT2D eigenvalue weighted by atomic mass is 9.67. The molecule has 0 fully saturated rings. The summed E-state index contributed by atoms with van der Waals surface area (Å²) < 4.78 is 5.98. The second kappa shape index (κ2) is 13.4. The van der Waals surface area contributed by atoms with E-state index in [4.69, 9.17) is 4.74 Å². The third-order valence-corrected chi connectivity index (χ3v) is 14.0. The van der Waals surface area contributed by atoms with Gasteiger partial charge in [-0.25, -0.2) is 0 Å². The van der Waals surface area contributed by atoms with E-state index in [0.717, 1.165) is 15.4 Å². The molecule has 6 aromatic rings. The van der Waals surface area contributed by atoms with Crippen LogP contribution in [0.25, 0.3) is 31.2 Å². The van der Waals surface area contributed by atoms with Gasteiger partial charge in [-0.05, 0) is 73.4 Å². The molecule has 0 bridgehead atoms. The fourth-order valence-electron chi connectivity index (χ4n) is 7.88. The van der Waals surface area contributed by atoms with Crippen LogP contribution >= 0.6 is 34.0 Å². The lowest BCUT2D eigenvalue weighted by molar-refractivity contribution is 0.104. The van der Waals surface area contributed by atoms with Crippen molar-refractivity contribution in [1.29, 1.82) is 21.0 Å². The highest BCUT2D eigenvalue weighted by Crippen LogP contribution is 2.65. The van der Waals surface area contributed by atoms with Crippen molar-refractivity contribution in [2.75, 3.05) is 19.5 Å². The van der Waals surface area contributed by atoms with E-state index < -0.39 is 11.2 Å². The van der Waals surface area contributed by atoms with E-state index in [1.807, 2.05) is 37.4 Å². The lowest BCUT2D eigenvalue weighted by Crippen LogP contribution is -2.29. The molecule has 0 atom stereocenters. The number of allylic oxidation sites excluding steroid dienone is 3. The van der Waals surface area contributed by atoms with Gasteiger partial charge in [-0.3, -0.25) is 4.79 Å². The number of hydrogen-bond acceptors (Lipinski definition) is 10. The Morgan fingerprint density at radius 3 is 1.91 bits per heavy atom. The zero-order valence-electron chi connectivity index (χ0n) is 30.3. The van der Waals surface area contributed by atoms with Crippen molar-refractivity contribution >= 4 is 57.1 Å². The molecule has 3 heterocycles.